The molecule has 0 unspecified atom stereocenters. The maximum atomic E-state index is 13.1. The van der Waals surface area contributed by atoms with Crippen molar-refractivity contribution in [3.05, 3.63) is 65.2 Å². The number of nitrogens with one attached hydrogen (secondary N) is 2. The number of aryl methyl sites for hydroxylation is 1. The summed E-state index contributed by atoms with van der Waals surface area (Å²) in [4.78, 5) is 27.7. The molecule has 2 aliphatic heterocycles. The zero-order valence-electron chi connectivity index (χ0n) is 15.6. The van der Waals surface area contributed by atoms with Gasteiger partial charge >= 0.3 is 0 Å². The number of carbonyl (C=O) groups is 2. The summed E-state index contributed by atoms with van der Waals surface area (Å²) in [5.74, 6) is -0.0611. The fraction of sp³-hybridized carbons (Fsp3) is 0.364. The molecule has 0 bridgehead atoms. The molecule has 2 heterocycles. The number of fused-ring (bicyclic) bond motifs is 1. The summed E-state index contributed by atoms with van der Waals surface area (Å²) in [5, 5.41) is 6.32. The summed E-state index contributed by atoms with van der Waals surface area (Å²) in [6.45, 7) is 3.33. The number of nitrogens with zero attached hydrogens (tertiary/aromatic N) is 1. The Hall–Kier alpha value is -2.66. The molecule has 0 aromatic heterocycles. The van der Waals surface area contributed by atoms with E-state index in [0.29, 0.717) is 25.9 Å². The second-order valence-electron chi connectivity index (χ2n) is 7.45. The Morgan fingerprint density at radius 2 is 1.93 bits per heavy atom. The molecule has 2 amide bonds. The maximum absolute atomic E-state index is 13.1. The van der Waals surface area contributed by atoms with Crippen molar-refractivity contribution in [2.45, 2.75) is 44.8 Å². The number of carbonyl (C=O) groups excluding carboxylic acids is 2. The third-order valence-electron chi connectivity index (χ3n) is 5.50. The molecule has 2 aromatic carbocycles. The molecule has 1 saturated heterocycles. The quantitative estimate of drug-likeness (QED) is 0.881. The van der Waals surface area contributed by atoms with Gasteiger partial charge in [0.25, 0.3) is 0 Å². The van der Waals surface area contributed by atoms with E-state index < -0.39 is 6.04 Å². The molecule has 140 valence electrons. The van der Waals surface area contributed by atoms with Crippen LogP contribution in [0.1, 0.15) is 29.5 Å². The molecule has 2 atom stereocenters. The minimum absolute atomic E-state index is 0.0337. The van der Waals surface area contributed by atoms with Crippen molar-refractivity contribution in [1.82, 2.24) is 10.2 Å². The highest BCUT2D eigenvalue weighted by Crippen LogP contribution is 2.23. The van der Waals surface area contributed by atoms with Crippen LogP contribution >= 0.6 is 0 Å². The highest BCUT2D eigenvalue weighted by Gasteiger charge is 2.38. The van der Waals surface area contributed by atoms with Crippen LogP contribution in [0.25, 0.3) is 0 Å². The van der Waals surface area contributed by atoms with Gasteiger partial charge in [-0.1, -0.05) is 36.4 Å². The molecule has 5 heteroatoms. The monoisotopic (exact) mass is 363 g/mol. The first-order valence-corrected chi connectivity index (χ1v) is 9.60. The number of likely N-dealkylation sites (tertiary alicyclic amines) is 1. The molecule has 1 fully saturated rings. The van der Waals surface area contributed by atoms with E-state index in [9.17, 15) is 9.59 Å². The summed E-state index contributed by atoms with van der Waals surface area (Å²) in [5.41, 5.74) is 4.34. The number of anilines is 1. The zero-order chi connectivity index (χ0) is 18.8. The van der Waals surface area contributed by atoms with Crippen LogP contribution in [0.5, 0.6) is 0 Å². The van der Waals surface area contributed by atoms with E-state index in [1.807, 2.05) is 43.3 Å². The van der Waals surface area contributed by atoms with E-state index >= 15 is 0 Å². The van der Waals surface area contributed by atoms with E-state index in [2.05, 4.69) is 22.8 Å². The normalized spacial score (nSPS) is 21.6. The van der Waals surface area contributed by atoms with Gasteiger partial charge in [-0.25, -0.2) is 0 Å². The fourth-order valence-corrected chi connectivity index (χ4v) is 4.08. The van der Waals surface area contributed by atoms with E-state index in [-0.39, 0.29) is 17.9 Å². The largest absolute Gasteiger partial charge is 0.329 e. The molecule has 0 spiro atoms. The van der Waals surface area contributed by atoms with Crippen LogP contribution in [0.2, 0.25) is 0 Å². The van der Waals surface area contributed by atoms with Crippen LogP contribution in [0, 0.1) is 6.92 Å². The van der Waals surface area contributed by atoms with Gasteiger partial charge in [-0.05, 0) is 55.0 Å². The molecule has 2 N–H and O–H groups in total. The van der Waals surface area contributed by atoms with Crippen LogP contribution in [0.3, 0.4) is 0 Å². The Balaban J connectivity index is 1.45. The van der Waals surface area contributed by atoms with Crippen molar-refractivity contribution in [2.24, 2.45) is 0 Å². The summed E-state index contributed by atoms with van der Waals surface area (Å²) >= 11 is 0. The minimum atomic E-state index is -0.392. The molecular formula is C22H25N3O2. The minimum Gasteiger partial charge on any atom is -0.329 e. The lowest BCUT2D eigenvalue weighted by molar-refractivity contribution is -0.138. The van der Waals surface area contributed by atoms with E-state index in [1.54, 1.807) is 4.90 Å². The van der Waals surface area contributed by atoms with Gasteiger partial charge in [-0.3, -0.25) is 9.59 Å². The third kappa shape index (κ3) is 3.74. The molecule has 4 rings (SSSR count). The predicted molar refractivity (Wildman–Crippen MR) is 105 cm³/mol. The standard InChI is InChI=1S/C22H25N3O2/c1-15-6-4-9-18(12-15)24-21(26)20-10-5-11-25(20)22(27)19-13-16-7-2-3-8-17(16)14-23-19/h2-4,6-9,12,19-20,23H,5,10-11,13-14H2,1H3,(H,24,26)/t19-,20+/m1/s1. The Morgan fingerprint density at radius 3 is 2.74 bits per heavy atom. The Labute approximate surface area is 159 Å². The van der Waals surface area contributed by atoms with Crippen molar-refractivity contribution >= 4 is 17.5 Å². The van der Waals surface area contributed by atoms with Crippen molar-refractivity contribution in [3.8, 4) is 0 Å². The van der Waals surface area contributed by atoms with Crippen molar-refractivity contribution < 1.29 is 9.59 Å². The molecule has 5 nitrogen and oxygen atoms in total. The first-order valence-electron chi connectivity index (χ1n) is 9.60. The van der Waals surface area contributed by atoms with Gasteiger partial charge in [0.15, 0.2) is 0 Å². The molecule has 2 aliphatic rings. The second-order valence-corrected chi connectivity index (χ2v) is 7.45. The number of amides is 2. The van der Waals surface area contributed by atoms with Gasteiger partial charge < -0.3 is 15.5 Å². The van der Waals surface area contributed by atoms with Crippen LogP contribution in [-0.2, 0) is 22.6 Å². The summed E-state index contributed by atoms with van der Waals surface area (Å²) in [6.07, 6.45) is 2.26. The van der Waals surface area contributed by atoms with Gasteiger partial charge in [-0.2, -0.15) is 0 Å². The number of benzene rings is 2. The first kappa shape index (κ1) is 17.7. The maximum Gasteiger partial charge on any atom is 0.247 e. The molecule has 2 aromatic rings. The van der Waals surface area contributed by atoms with Crippen molar-refractivity contribution in [2.75, 3.05) is 11.9 Å². The third-order valence-corrected chi connectivity index (χ3v) is 5.50. The SMILES string of the molecule is Cc1cccc(NC(=O)[C@@H]2CCCN2C(=O)[C@H]2Cc3ccccc3CN2)c1. The van der Waals surface area contributed by atoms with E-state index in [4.69, 9.17) is 0 Å². The van der Waals surface area contributed by atoms with Gasteiger partial charge in [0.05, 0.1) is 6.04 Å². The topological polar surface area (TPSA) is 61.4 Å². The summed E-state index contributed by atoms with van der Waals surface area (Å²) in [7, 11) is 0. The smallest absolute Gasteiger partial charge is 0.247 e. The molecule has 0 radical (unpaired) electrons. The highest BCUT2D eigenvalue weighted by atomic mass is 16.2. The summed E-state index contributed by atoms with van der Waals surface area (Å²) in [6, 6.07) is 15.3. The van der Waals surface area contributed by atoms with Crippen LogP contribution in [0.15, 0.2) is 48.5 Å². The Morgan fingerprint density at radius 1 is 1.11 bits per heavy atom. The molecule has 27 heavy (non-hydrogen) atoms. The van der Waals surface area contributed by atoms with Gasteiger partial charge in [0.2, 0.25) is 11.8 Å². The van der Waals surface area contributed by atoms with E-state index in [0.717, 1.165) is 17.7 Å². The van der Waals surface area contributed by atoms with Crippen LogP contribution in [-0.4, -0.2) is 35.3 Å². The average molecular weight is 363 g/mol. The number of rotatable bonds is 3. The van der Waals surface area contributed by atoms with Crippen LogP contribution < -0.4 is 10.6 Å². The van der Waals surface area contributed by atoms with Gasteiger partial charge in [-0.15, -0.1) is 0 Å². The number of hydrogen-bond acceptors (Lipinski definition) is 3. The van der Waals surface area contributed by atoms with E-state index in [1.165, 1.54) is 11.1 Å². The fourth-order valence-electron chi connectivity index (χ4n) is 4.08. The highest BCUT2D eigenvalue weighted by molar-refractivity contribution is 5.98. The molecular weight excluding hydrogens is 338 g/mol. The van der Waals surface area contributed by atoms with Crippen molar-refractivity contribution in [3.63, 3.8) is 0 Å². The average Bonchev–Trinajstić information content (AvgIpc) is 3.17. The van der Waals surface area contributed by atoms with Crippen molar-refractivity contribution in [1.29, 1.82) is 0 Å². The molecule has 0 saturated carbocycles. The number of hydrogen-bond donors (Lipinski definition) is 2. The lowest BCUT2D eigenvalue weighted by Gasteiger charge is -2.31. The Bertz CT molecular complexity index is 864. The molecule has 0 aliphatic carbocycles. The first-order chi connectivity index (χ1) is 13.1. The Kier molecular flexibility index (Phi) is 4.94. The summed E-state index contributed by atoms with van der Waals surface area (Å²) < 4.78 is 0. The zero-order valence-corrected chi connectivity index (χ0v) is 15.6. The van der Waals surface area contributed by atoms with Crippen LogP contribution in [0.4, 0.5) is 5.69 Å². The predicted octanol–water partition coefficient (Wildman–Crippen LogP) is 2.64. The second kappa shape index (κ2) is 7.53. The lowest BCUT2D eigenvalue weighted by atomic mass is 9.95. The lowest BCUT2D eigenvalue weighted by Crippen LogP contribution is -2.53. The van der Waals surface area contributed by atoms with Gasteiger partial charge in [0.1, 0.15) is 6.04 Å². The van der Waals surface area contributed by atoms with Gasteiger partial charge in [0, 0.05) is 18.8 Å².